The molecule has 1 aliphatic rings. The lowest BCUT2D eigenvalue weighted by molar-refractivity contribution is -0.116. The van der Waals surface area contributed by atoms with E-state index in [1.807, 2.05) is 43.3 Å². The maximum Gasteiger partial charge on any atom is 0.244 e. The predicted octanol–water partition coefficient (Wildman–Crippen LogP) is 1.88. The first kappa shape index (κ1) is 19.6. The lowest BCUT2D eigenvalue weighted by Crippen LogP contribution is -2.26. The number of rotatable bonds is 7. The van der Waals surface area contributed by atoms with Gasteiger partial charge >= 0.3 is 0 Å². The number of nitrogens with one attached hydrogen (secondary N) is 1. The van der Waals surface area contributed by atoms with Gasteiger partial charge in [0.1, 0.15) is 5.75 Å². The summed E-state index contributed by atoms with van der Waals surface area (Å²) in [6, 6.07) is 7.48. The van der Waals surface area contributed by atoms with Gasteiger partial charge in [-0.15, -0.1) is 0 Å². The van der Waals surface area contributed by atoms with Crippen molar-refractivity contribution in [3.8, 4) is 5.75 Å². The van der Waals surface area contributed by atoms with Crippen LogP contribution in [0.4, 0.5) is 11.9 Å². The summed E-state index contributed by atoms with van der Waals surface area (Å²) in [6.45, 7) is 2.15. The number of aromatic nitrogens is 3. The number of benzene rings is 1. The van der Waals surface area contributed by atoms with Crippen LogP contribution < -0.4 is 19.9 Å². The average Bonchev–Trinajstić information content (AvgIpc) is 3.26. The second kappa shape index (κ2) is 9.16. The van der Waals surface area contributed by atoms with Gasteiger partial charge in [0.25, 0.3) is 0 Å². The Morgan fingerprint density at radius 1 is 1.18 bits per heavy atom. The molecule has 1 fully saturated rings. The van der Waals surface area contributed by atoms with E-state index < -0.39 is 0 Å². The van der Waals surface area contributed by atoms with E-state index in [0.29, 0.717) is 17.7 Å². The lowest BCUT2D eigenvalue weighted by Gasteiger charge is -2.18. The Balaban J connectivity index is 1.63. The summed E-state index contributed by atoms with van der Waals surface area (Å²) in [5.41, 5.74) is 0.919. The number of nitrogens with zero attached hydrogens (tertiary/aromatic N) is 5. The summed E-state index contributed by atoms with van der Waals surface area (Å²) < 4.78 is 5.13. The molecule has 1 aliphatic heterocycles. The van der Waals surface area contributed by atoms with E-state index in [4.69, 9.17) is 4.74 Å². The van der Waals surface area contributed by atoms with Crippen molar-refractivity contribution in [3.05, 3.63) is 41.7 Å². The monoisotopic (exact) mass is 382 g/mol. The summed E-state index contributed by atoms with van der Waals surface area (Å²) in [7, 11) is 5.41. The number of hydrogen-bond donors (Lipinski definition) is 1. The maximum absolute atomic E-state index is 12.2. The van der Waals surface area contributed by atoms with Crippen LogP contribution in [0.5, 0.6) is 5.75 Å². The van der Waals surface area contributed by atoms with Crippen molar-refractivity contribution in [3.63, 3.8) is 0 Å². The second-order valence-corrected chi connectivity index (χ2v) is 6.76. The Labute approximate surface area is 165 Å². The number of amides is 1. The Morgan fingerprint density at radius 3 is 2.54 bits per heavy atom. The first-order chi connectivity index (χ1) is 13.5. The summed E-state index contributed by atoms with van der Waals surface area (Å²) in [6.07, 6.45) is 5.54. The van der Waals surface area contributed by atoms with Crippen LogP contribution in [0.3, 0.4) is 0 Å². The fourth-order valence-corrected chi connectivity index (χ4v) is 2.84. The van der Waals surface area contributed by atoms with E-state index in [1.165, 1.54) is 6.08 Å². The van der Waals surface area contributed by atoms with Crippen LogP contribution in [0.2, 0.25) is 0 Å². The maximum atomic E-state index is 12.2. The van der Waals surface area contributed by atoms with Gasteiger partial charge in [-0.25, -0.2) is 0 Å². The van der Waals surface area contributed by atoms with Crippen molar-refractivity contribution in [2.45, 2.75) is 19.4 Å². The minimum atomic E-state index is -0.203. The molecule has 1 aromatic heterocycles. The van der Waals surface area contributed by atoms with Crippen molar-refractivity contribution in [1.29, 1.82) is 0 Å². The van der Waals surface area contributed by atoms with Crippen molar-refractivity contribution < 1.29 is 9.53 Å². The Hall–Kier alpha value is -3.16. The van der Waals surface area contributed by atoms with Crippen LogP contribution in [0.1, 0.15) is 24.2 Å². The first-order valence-corrected chi connectivity index (χ1v) is 9.32. The fourth-order valence-electron chi connectivity index (χ4n) is 2.84. The number of hydrogen-bond acceptors (Lipinski definition) is 7. The van der Waals surface area contributed by atoms with E-state index in [2.05, 4.69) is 25.2 Å². The van der Waals surface area contributed by atoms with Gasteiger partial charge in [0.05, 0.1) is 13.7 Å². The van der Waals surface area contributed by atoms with Crippen LogP contribution in [0.25, 0.3) is 6.08 Å². The van der Waals surface area contributed by atoms with Gasteiger partial charge in [-0.2, -0.15) is 15.0 Å². The molecule has 0 atom stereocenters. The molecule has 8 heteroatoms. The molecule has 0 aliphatic carbocycles. The second-order valence-electron chi connectivity index (χ2n) is 6.76. The first-order valence-electron chi connectivity index (χ1n) is 9.32. The average molecular weight is 382 g/mol. The predicted molar refractivity (Wildman–Crippen MR) is 109 cm³/mol. The van der Waals surface area contributed by atoms with Crippen LogP contribution >= 0.6 is 0 Å². The smallest absolute Gasteiger partial charge is 0.244 e. The van der Waals surface area contributed by atoms with E-state index in [-0.39, 0.29) is 12.5 Å². The third-order valence-electron chi connectivity index (χ3n) is 4.41. The van der Waals surface area contributed by atoms with E-state index in [1.54, 1.807) is 13.2 Å². The van der Waals surface area contributed by atoms with Crippen molar-refractivity contribution in [2.24, 2.45) is 0 Å². The summed E-state index contributed by atoms with van der Waals surface area (Å²) in [4.78, 5) is 29.7. The molecule has 3 rings (SSSR count). The topological polar surface area (TPSA) is 83.5 Å². The third kappa shape index (κ3) is 5.18. The van der Waals surface area contributed by atoms with Gasteiger partial charge in [-0.3, -0.25) is 4.79 Å². The molecule has 2 heterocycles. The van der Waals surface area contributed by atoms with Gasteiger partial charge < -0.3 is 19.9 Å². The largest absolute Gasteiger partial charge is 0.497 e. The SMILES string of the molecule is COc1ccc(/C=C/C(=O)NCc2nc(N(C)C)nc(N3CCCC3)n2)cc1. The highest BCUT2D eigenvalue weighted by Crippen LogP contribution is 2.18. The standard InChI is InChI=1S/C20H26N6O2/c1-25(2)19-22-17(23-20(24-19)26-12-4-5-13-26)14-21-18(27)11-8-15-6-9-16(28-3)10-7-15/h6-11H,4-5,12-14H2,1-3H3,(H,21,27)/b11-8+. The van der Waals surface area contributed by atoms with Gasteiger partial charge in [0, 0.05) is 33.3 Å². The molecular weight excluding hydrogens is 356 g/mol. The highest BCUT2D eigenvalue weighted by molar-refractivity contribution is 5.91. The van der Waals surface area contributed by atoms with Crippen LogP contribution in [-0.4, -0.2) is 55.2 Å². The molecule has 0 saturated carbocycles. The van der Waals surface area contributed by atoms with Gasteiger partial charge in [-0.1, -0.05) is 12.1 Å². The Kier molecular flexibility index (Phi) is 6.41. The Bertz CT molecular complexity index is 829. The van der Waals surface area contributed by atoms with Crippen LogP contribution in [-0.2, 0) is 11.3 Å². The molecule has 0 bridgehead atoms. The molecule has 148 valence electrons. The minimum absolute atomic E-state index is 0.203. The number of methoxy groups -OCH3 is 1. The number of carbonyl (C=O) groups excluding carboxylic acids is 1. The zero-order valence-electron chi connectivity index (χ0n) is 16.6. The zero-order chi connectivity index (χ0) is 19.9. The van der Waals surface area contributed by atoms with E-state index in [0.717, 1.165) is 37.2 Å². The van der Waals surface area contributed by atoms with Gasteiger partial charge in [-0.05, 0) is 36.6 Å². The van der Waals surface area contributed by atoms with Crippen LogP contribution in [0.15, 0.2) is 30.3 Å². The third-order valence-corrected chi connectivity index (χ3v) is 4.41. The lowest BCUT2D eigenvalue weighted by atomic mass is 10.2. The molecule has 1 aromatic carbocycles. The molecule has 2 aromatic rings. The molecule has 1 saturated heterocycles. The molecule has 0 unspecified atom stereocenters. The Morgan fingerprint density at radius 2 is 1.89 bits per heavy atom. The highest BCUT2D eigenvalue weighted by atomic mass is 16.5. The highest BCUT2D eigenvalue weighted by Gasteiger charge is 2.18. The van der Waals surface area contributed by atoms with Crippen molar-refractivity contribution in [1.82, 2.24) is 20.3 Å². The van der Waals surface area contributed by atoms with Gasteiger partial charge in [0.15, 0.2) is 5.82 Å². The van der Waals surface area contributed by atoms with Crippen molar-refractivity contribution in [2.75, 3.05) is 44.1 Å². The zero-order valence-corrected chi connectivity index (χ0v) is 16.6. The minimum Gasteiger partial charge on any atom is -0.497 e. The molecule has 1 N–H and O–H groups in total. The quantitative estimate of drug-likeness (QED) is 0.732. The van der Waals surface area contributed by atoms with Crippen molar-refractivity contribution >= 4 is 23.9 Å². The van der Waals surface area contributed by atoms with Gasteiger partial charge in [0.2, 0.25) is 17.8 Å². The molecule has 8 nitrogen and oxygen atoms in total. The van der Waals surface area contributed by atoms with E-state index >= 15 is 0 Å². The number of ether oxygens (including phenoxy) is 1. The molecular formula is C20H26N6O2. The number of anilines is 2. The van der Waals surface area contributed by atoms with E-state index in [9.17, 15) is 4.79 Å². The molecule has 28 heavy (non-hydrogen) atoms. The molecule has 1 amide bonds. The number of carbonyl (C=O) groups is 1. The summed E-state index contributed by atoms with van der Waals surface area (Å²) >= 11 is 0. The fraction of sp³-hybridized carbons (Fsp3) is 0.400. The van der Waals surface area contributed by atoms with Crippen LogP contribution in [0, 0.1) is 0 Å². The summed E-state index contributed by atoms with van der Waals surface area (Å²) in [5, 5.41) is 2.84. The summed E-state index contributed by atoms with van der Waals surface area (Å²) in [5.74, 6) is 2.39. The normalized spacial score (nSPS) is 13.8. The molecule has 0 spiro atoms. The molecule has 0 radical (unpaired) electrons.